The van der Waals surface area contributed by atoms with Gasteiger partial charge in [0.2, 0.25) is 0 Å². The molecule has 0 aliphatic carbocycles. The van der Waals surface area contributed by atoms with Gasteiger partial charge in [-0.3, -0.25) is 9.89 Å². The molecule has 21 heavy (non-hydrogen) atoms. The normalized spacial score (nSPS) is 10.7. The Labute approximate surface area is 126 Å². The number of carbonyl (C=O) groups excluding carboxylic acids is 1. The maximum Gasteiger partial charge on any atom is 0.251 e. The maximum absolute atomic E-state index is 12.1. The molecule has 0 radical (unpaired) electrons. The summed E-state index contributed by atoms with van der Waals surface area (Å²) < 4.78 is 0. The second-order valence-electron chi connectivity index (χ2n) is 4.59. The topological polar surface area (TPSA) is 57.8 Å². The van der Waals surface area contributed by atoms with Gasteiger partial charge in [0, 0.05) is 28.1 Å². The molecular weight excluding hydrogens is 282 g/mol. The summed E-state index contributed by atoms with van der Waals surface area (Å²) in [6, 6.07) is 15.7. The first-order valence-corrected chi connectivity index (χ1v) is 7.71. The minimum atomic E-state index is -0.0554. The van der Waals surface area contributed by atoms with Gasteiger partial charge in [-0.05, 0) is 24.3 Å². The smallest absolute Gasteiger partial charge is 0.251 e. The van der Waals surface area contributed by atoms with E-state index in [1.165, 1.54) is 4.90 Å². The van der Waals surface area contributed by atoms with Crippen LogP contribution in [0.5, 0.6) is 0 Å². The molecule has 0 saturated carbocycles. The summed E-state index contributed by atoms with van der Waals surface area (Å²) in [5.41, 5.74) is 1.53. The number of thioether (sulfide) groups is 1. The fourth-order valence-electron chi connectivity index (χ4n) is 2.03. The van der Waals surface area contributed by atoms with Crippen LogP contribution in [0.25, 0.3) is 10.9 Å². The van der Waals surface area contributed by atoms with Crippen molar-refractivity contribution < 1.29 is 4.79 Å². The monoisotopic (exact) mass is 297 g/mol. The molecule has 0 atom stereocenters. The highest BCUT2D eigenvalue weighted by molar-refractivity contribution is 7.99. The zero-order chi connectivity index (χ0) is 14.5. The second kappa shape index (κ2) is 6.45. The van der Waals surface area contributed by atoms with Crippen LogP contribution in [-0.2, 0) is 0 Å². The number of nitrogens with one attached hydrogen (secondary N) is 2. The van der Waals surface area contributed by atoms with Crippen LogP contribution in [0, 0.1) is 0 Å². The van der Waals surface area contributed by atoms with Crippen molar-refractivity contribution in [3.8, 4) is 0 Å². The lowest BCUT2D eigenvalue weighted by Crippen LogP contribution is -2.25. The van der Waals surface area contributed by atoms with Gasteiger partial charge in [-0.25, -0.2) is 0 Å². The number of rotatable bonds is 5. The molecule has 4 nitrogen and oxygen atoms in total. The van der Waals surface area contributed by atoms with Crippen molar-refractivity contribution >= 4 is 28.6 Å². The van der Waals surface area contributed by atoms with E-state index in [4.69, 9.17) is 0 Å². The lowest BCUT2D eigenvalue weighted by atomic mass is 10.1. The van der Waals surface area contributed by atoms with Crippen molar-refractivity contribution in [2.75, 3.05) is 12.3 Å². The van der Waals surface area contributed by atoms with Crippen LogP contribution in [0.4, 0.5) is 0 Å². The van der Waals surface area contributed by atoms with E-state index in [9.17, 15) is 4.79 Å². The Morgan fingerprint density at radius 1 is 1.19 bits per heavy atom. The van der Waals surface area contributed by atoms with Crippen LogP contribution in [0.1, 0.15) is 10.4 Å². The minimum Gasteiger partial charge on any atom is -0.351 e. The molecule has 1 amide bonds. The third-order valence-electron chi connectivity index (χ3n) is 3.10. The molecule has 2 N–H and O–H groups in total. The number of H-pyrrole nitrogens is 1. The van der Waals surface area contributed by atoms with Crippen LogP contribution in [0.3, 0.4) is 0 Å². The molecule has 0 fully saturated rings. The van der Waals surface area contributed by atoms with Gasteiger partial charge in [-0.15, -0.1) is 11.8 Å². The molecule has 0 spiro atoms. The van der Waals surface area contributed by atoms with Crippen molar-refractivity contribution in [3.63, 3.8) is 0 Å². The predicted octanol–water partition coefficient (Wildman–Crippen LogP) is 3.09. The van der Waals surface area contributed by atoms with Crippen LogP contribution in [-0.4, -0.2) is 28.4 Å². The number of nitrogens with zero attached hydrogens (tertiary/aromatic N) is 1. The number of amides is 1. The lowest BCUT2D eigenvalue weighted by molar-refractivity contribution is 0.0956. The van der Waals surface area contributed by atoms with Crippen molar-refractivity contribution in [2.45, 2.75) is 4.90 Å². The predicted molar refractivity (Wildman–Crippen MR) is 85.6 cm³/mol. The quantitative estimate of drug-likeness (QED) is 0.562. The Balaban J connectivity index is 1.52. The highest BCUT2D eigenvalue weighted by Gasteiger charge is 2.06. The summed E-state index contributed by atoms with van der Waals surface area (Å²) in [6.07, 6.45) is 1.74. The van der Waals surface area contributed by atoms with Gasteiger partial charge in [0.05, 0.1) is 11.7 Å². The number of hydrogen-bond donors (Lipinski definition) is 2. The van der Waals surface area contributed by atoms with Crippen LogP contribution >= 0.6 is 11.8 Å². The lowest BCUT2D eigenvalue weighted by Gasteiger charge is -2.05. The van der Waals surface area contributed by atoms with Crippen LogP contribution in [0.2, 0.25) is 0 Å². The number of benzene rings is 2. The first-order valence-electron chi connectivity index (χ1n) is 6.72. The minimum absolute atomic E-state index is 0.0554. The molecule has 0 bridgehead atoms. The van der Waals surface area contributed by atoms with Crippen LogP contribution in [0.15, 0.2) is 59.6 Å². The summed E-state index contributed by atoms with van der Waals surface area (Å²) in [5.74, 6) is 0.794. The molecule has 1 aromatic heterocycles. The van der Waals surface area contributed by atoms with E-state index in [0.29, 0.717) is 12.1 Å². The second-order valence-corrected chi connectivity index (χ2v) is 5.76. The molecule has 0 unspecified atom stereocenters. The molecule has 1 heterocycles. The third kappa shape index (κ3) is 3.44. The molecule has 3 aromatic rings. The summed E-state index contributed by atoms with van der Waals surface area (Å²) in [4.78, 5) is 13.3. The van der Waals surface area contributed by atoms with Crippen molar-refractivity contribution in [1.29, 1.82) is 0 Å². The molecule has 3 rings (SSSR count). The molecule has 5 heteroatoms. The van der Waals surface area contributed by atoms with E-state index in [-0.39, 0.29) is 5.91 Å². The first kappa shape index (κ1) is 13.7. The average Bonchev–Trinajstić information content (AvgIpc) is 3.00. The fourth-order valence-corrected chi connectivity index (χ4v) is 2.82. The number of fused-ring (bicyclic) bond motifs is 1. The Morgan fingerprint density at radius 2 is 2.05 bits per heavy atom. The zero-order valence-electron chi connectivity index (χ0n) is 11.4. The van der Waals surface area contributed by atoms with Crippen molar-refractivity contribution in [1.82, 2.24) is 15.5 Å². The highest BCUT2D eigenvalue weighted by atomic mass is 32.2. The van der Waals surface area contributed by atoms with Gasteiger partial charge in [-0.1, -0.05) is 24.3 Å². The molecule has 2 aromatic carbocycles. The summed E-state index contributed by atoms with van der Waals surface area (Å²) >= 11 is 1.73. The van der Waals surface area contributed by atoms with Gasteiger partial charge in [0.1, 0.15) is 0 Å². The van der Waals surface area contributed by atoms with Gasteiger partial charge in [-0.2, -0.15) is 5.10 Å². The number of hydrogen-bond acceptors (Lipinski definition) is 3. The van der Waals surface area contributed by atoms with Crippen molar-refractivity contribution in [3.05, 3.63) is 60.3 Å². The Morgan fingerprint density at radius 3 is 2.90 bits per heavy atom. The number of aromatic amines is 1. The molecule has 0 aliphatic heterocycles. The van der Waals surface area contributed by atoms with Gasteiger partial charge in [0.15, 0.2) is 0 Å². The van der Waals surface area contributed by atoms with E-state index in [1.54, 1.807) is 18.0 Å². The van der Waals surface area contributed by atoms with Crippen LogP contribution < -0.4 is 5.32 Å². The molecule has 0 saturated heterocycles. The summed E-state index contributed by atoms with van der Waals surface area (Å²) in [5, 5.41) is 10.8. The number of carbonyl (C=O) groups is 1. The fraction of sp³-hybridized carbons (Fsp3) is 0.125. The SMILES string of the molecule is O=C(NCCSc1ccccc1)c1ccc2cn[nH]c2c1. The zero-order valence-corrected chi connectivity index (χ0v) is 12.2. The van der Waals surface area contributed by atoms with E-state index in [0.717, 1.165) is 16.7 Å². The summed E-state index contributed by atoms with van der Waals surface area (Å²) in [6.45, 7) is 0.638. The molecule has 106 valence electrons. The highest BCUT2D eigenvalue weighted by Crippen LogP contribution is 2.16. The Kier molecular flexibility index (Phi) is 4.21. The van der Waals surface area contributed by atoms with Gasteiger partial charge in [0.25, 0.3) is 5.91 Å². The van der Waals surface area contributed by atoms with E-state index in [1.807, 2.05) is 36.4 Å². The maximum atomic E-state index is 12.1. The van der Waals surface area contributed by atoms with Gasteiger partial charge >= 0.3 is 0 Å². The molecular formula is C16H15N3OS. The van der Waals surface area contributed by atoms with E-state index >= 15 is 0 Å². The van der Waals surface area contributed by atoms with E-state index in [2.05, 4.69) is 27.6 Å². The largest absolute Gasteiger partial charge is 0.351 e. The van der Waals surface area contributed by atoms with E-state index < -0.39 is 0 Å². The van der Waals surface area contributed by atoms with Gasteiger partial charge < -0.3 is 5.32 Å². The average molecular weight is 297 g/mol. The Hall–Kier alpha value is -2.27. The Bertz CT molecular complexity index is 739. The summed E-state index contributed by atoms with van der Waals surface area (Å²) in [7, 11) is 0. The third-order valence-corrected chi connectivity index (χ3v) is 4.12. The standard InChI is InChI=1S/C16H15N3OS/c20-16(12-6-7-13-11-18-19-15(13)10-12)17-8-9-21-14-4-2-1-3-5-14/h1-7,10-11H,8-9H2,(H,17,20)(H,18,19). The first-order chi connectivity index (χ1) is 10.3. The number of aromatic nitrogens is 2. The molecule has 0 aliphatic rings. The van der Waals surface area contributed by atoms with Crippen molar-refractivity contribution in [2.24, 2.45) is 0 Å².